The Labute approximate surface area is 107 Å². The molecule has 2 N–H and O–H groups in total. The van der Waals surface area contributed by atoms with Crippen LogP contribution in [0, 0.1) is 11.3 Å². The van der Waals surface area contributed by atoms with Crippen molar-refractivity contribution in [3.8, 4) is 6.07 Å². The van der Waals surface area contributed by atoms with Crippen LogP contribution in [-0.4, -0.2) is 20.7 Å². The molecule has 0 unspecified atom stereocenters. The first-order valence-corrected chi connectivity index (χ1v) is 6.98. The van der Waals surface area contributed by atoms with Gasteiger partial charge in [0.05, 0.1) is 23.5 Å². The quantitative estimate of drug-likeness (QED) is 0.645. The monoisotopic (exact) mass is 265 g/mol. The summed E-state index contributed by atoms with van der Waals surface area (Å²) >= 11 is 0. The lowest BCUT2D eigenvalue weighted by Gasteiger charge is -2.23. The molecule has 0 saturated heterocycles. The van der Waals surface area contributed by atoms with Gasteiger partial charge in [-0.25, -0.2) is 8.42 Å². The van der Waals surface area contributed by atoms with E-state index in [1.54, 1.807) is 13.0 Å². The van der Waals surface area contributed by atoms with Crippen molar-refractivity contribution in [2.75, 3.05) is 22.3 Å². The van der Waals surface area contributed by atoms with E-state index in [0.29, 0.717) is 11.4 Å². The maximum Gasteiger partial charge on any atom is 0.235 e. The number of hydrogen-bond acceptors (Lipinski definition) is 4. The van der Waals surface area contributed by atoms with Crippen LogP contribution < -0.4 is 10.0 Å². The van der Waals surface area contributed by atoms with Crippen molar-refractivity contribution in [1.82, 2.24) is 0 Å². The van der Waals surface area contributed by atoms with Crippen molar-refractivity contribution in [2.24, 2.45) is 0 Å². The summed E-state index contributed by atoms with van der Waals surface area (Å²) in [7, 11) is -3.45. The maximum atomic E-state index is 12.0. The lowest BCUT2D eigenvalue weighted by atomic mass is 10.1. The van der Waals surface area contributed by atoms with Crippen molar-refractivity contribution >= 4 is 21.4 Å². The molecule has 0 saturated carbocycles. The van der Waals surface area contributed by atoms with Gasteiger partial charge in [-0.2, -0.15) is 5.26 Å². The van der Waals surface area contributed by atoms with Crippen LogP contribution in [0.15, 0.2) is 30.9 Å². The predicted octanol–water partition coefficient (Wildman–Crippen LogP) is 1.48. The van der Waals surface area contributed by atoms with Gasteiger partial charge in [-0.15, -0.1) is 6.58 Å². The van der Waals surface area contributed by atoms with E-state index in [4.69, 9.17) is 11.0 Å². The predicted molar refractivity (Wildman–Crippen MR) is 72.6 cm³/mol. The SMILES string of the molecule is C=CCN(c1ccc(N)cc1C#N)S(=O)(=O)CC. The summed E-state index contributed by atoms with van der Waals surface area (Å²) in [5.74, 6) is -0.0456. The van der Waals surface area contributed by atoms with Crippen molar-refractivity contribution in [3.63, 3.8) is 0 Å². The number of benzene rings is 1. The molecule has 1 rings (SSSR count). The zero-order valence-electron chi connectivity index (χ0n) is 10.1. The molecule has 5 nitrogen and oxygen atoms in total. The molecule has 0 amide bonds. The fourth-order valence-corrected chi connectivity index (χ4v) is 2.60. The molecule has 6 heteroatoms. The van der Waals surface area contributed by atoms with E-state index in [-0.39, 0.29) is 17.9 Å². The standard InChI is InChI=1S/C12H15N3O2S/c1-3-7-15(18(16,17)4-2)12-6-5-11(14)8-10(12)9-13/h3,5-6,8H,1,4,7,14H2,2H3. The van der Waals surface area contributed by atoms with Gasteiger partial charge >= 0.3 is 0 Å². The Hall–Kier alpha value is -2.00. The third-order valence-electron chi connectivity index (χ3n) is 2.41. The summed E-state index contributed by atoms with van der Waals surface area (Å²) in [4.78, 5) is 0. The van der Waals surface area contributed by atoms with E-state index in [0.717, 1.165) is 4.31 Å². The van der Waals surface area contributed by atoms with E-state index in [2.05, 4.69) is 6.58 Å². The third-order valence-corrected chi connectivity index (χ3v) is 4.15. The largest absolute Gasteiger partial charge is 0.399 e. The second-order valence-corrected chi connectivity index (χ2v) is 5.79. The minimum Gasteiger partial charge on any atom is -0.399 e. The molecule has 0 aromatic heterocycles. The van der Waals surface area contributed by atoms with Gasteiger partial charge in [0.25, 0.3) is 0 Å². The third kappa shape index (κ3) is 2.81. The first-order valence-electron chi connectivity index (χ1n) is 5.37. The number of hydrogen-bond donors (Lipinski definition) is 1. The molecule has 0 spiro atoms. The molecule has 18 heavy (non-hydrogen) atoms. The highest BCUT2D eigenvalue weighted by Crippen LogP contribution is 2.25. The summed E-state index contributed by atoms with van der Waals surface area (Å²) in [6, 6.07) is 6.51. The summed E-state index contributed by atoms with van der Waals surface area (Å²) in [6.07, 6.45) is 1.48. The van der Waals surface area contributed by atoms with Crippen molar-refractivity contribution in [3.05, 3.63) is 36.4 Å². The second-order valence-electron chi connectivity index (χ2n) is 3.61. The van der Waals surface area contributed by atoms with Crippen molar-refractivity contribution in [1.29, 1.82) is 5.26 Å². The molecule has 0 aliphatic rings. The fraction of sp³-hybridized carbons (Fsp3) is 0.250. The molecule has 0 fully saturated rings. The van der Waals surface area contributed by atoms with Gasteiger partial charge in [-0.3, -0.25) is 4.31 Å². The molecule has 96 valence electrons. The van der Waals surface area contributed by atoms with Crippen LogP contribution in [0.1, 0.15) is 12.5 Å². The summed E-state index contributed by atoms with van der Waals surface area (Å²) in [5, 5.41) is 9.05. The van der Waals surface area contributed by atoms with Gasteiger partial charge in [-0.1, -0.05) is 6.08 Å². The highest BCUT2D eigenvalue weighted by Gasteiger charge is 2.21. The number of anilines is 2. The number of nitrogens with zero attached hydrogens (tertiary/aromatic N) is 2. The Balaban J connectivity index is 3.40. The zero-order chi connectivity index (χ0) is 13.8. The van der Waals surface area contributed by atoms with E-state index >= 15 is 0 Å². The Morgan fingerprint density at radius 2 is 2.22 bits per heavy atom. The molecule has 1 aromatic carbocycles. The maximum absolute atomic E-state index is 12.0. The zero-order valence-corrected chi connectivity index (χ0v) is 10.9. The molecular weight excluding hydrogens is 250 g/mol. The topological polar surface area (TPSA) is 87.2 Å². The number of rotatable bonds is 5. The average molecular weight is 265 g/mol. The molecule has 0 bridgehead atoms. The average Bonchev–Trinajstić information content (AvgIpc) is 2.36. The van der Waals surface area contributed by atoms with Crippen LogP contribution in [0.25, 0.3) is 0 Å². The van der Waals surface area contributed by atoms with Gasteiger partial charge < -0.3 is 5.73 Å². The Bertz CT molecular complexity index is 588. The van der Waals surface area contributed by atoms with Crippen molar-refractivity contribution in [2.45, 2.75) is 6.92 Å². The van der Waals surface area contributed by atoms with Crippen molar-refractivity contribution < 1.29 is 8.42 Å². The van der Waals surface area contributed by atoms with Crippen LogP contribution in [-0.2, 0) is 10.0 Å². The van der Waals surface area contributed by atoms with Crippen LogP contribution >= 0.6 is 0 Å². The molecule has 0 heterocycles. The summed E-state index contributed by atoms with van der Waals surface area (Å²) < 4.78 is 25.1. The lowest BCUT2D eigenvalue weighted by molar-refractivity contribution is 0.594. The van der Waals surface area contributed by atoms with Gasteiger partial charge in [0.2, 0.25) is 10.0 Å². The highest BCUT2D eigenvalue weighted by molar-refractivity contribution is 7.92. The Morgan fingerprint density at radius 3 is 2.72 bits per heavy atom. The first-order chi connectivity index (χ1) is 8.46. The van der Waals surface area contributed by atoms with Crippen LogP contribution in [0.2, 0.25) is 0 Å². The normalized spacial score (nSPS) is 10.7. The Morgan fingerprint density at radius 1 is 1.56 bits per heavy atom. The molecule has 0 atom stereocenters. The van der Waals surface area contributed by atoms with E-state index in [1.807, 2.05) is 6.07 Å². The minimum atomic E-state index is -3.45. The minimum absolute atomic E-state index is 0.0456. The van der Waals surface area contributed by atoms with Crippen LogP contribution in [0.3, 0.4) is 0 Å². The van der Waals surface area contributed by atoms with Crippen LogP contribution in [0.4, 0.5) is 11.4 Å². The molecule has 0 aliphatic carbocycles. The highest BCUT2D eigenvalue weighted by atomic mass is 32.2. The number of nitrogen functional groups attached to an aromatic ring is 1. The fourth-order valence-electron chi connectivity index (χ4n) is 1.50. The number of nitrogens with two attached hydrogens (primary N) is 1. The molecule has 0 radical (unpaired) electrons. The molecule has 0 aliphatic heterocycles. The van der Waals surface area contributed by atoms with Crippen LogP contribution in [0.5, 0.6) is 0 Å². The Kier molecular flexibility index (Phi) is 4.34. The van der Waals surface area contributed by atoms with Gasteiger partial charge in [0.15, 0.2) is 0 Å². The van der Waals surface area contributed by atoms with Gasteiger partial charge in [0.1, 0.15) is 6.07 Å². The summed E-state index contributed by atoms with van der Waals surface area (Å²) in [5.41, 5.74) is 6.56. The second kappa shape index (κ2) is 5.56. The van der Waals surface area contributed by atoms with Gasteiger partial charge in [-0.05, 0) is 25.1 Å². The summed E-state index contributed by atoms with van der Waals surface area (Å²) in [6.45, 7) is 5.20. The van der Waals surface area contributed by atoms with Gasteiger partial charge in [0, 0.05) is 5.69 Å². The smallest absolute Gasteiger partial charge is 0.235 e. The number of sulfonamides is 1. The van der Waals surface area contributed by atoms with E-state index < -0.39 is 10.0 Å². The first kappa shape index (κ1) is 14.1. The molecular formula is C12H15N3O2S. The number of nitriles is 1. The van der Waals surface area contributed by atoms with E-state index in [9.17, 15) is 8.42 Å². The molecule has 1 aromatic rings. The lowest BCUT2D eigenvalue weighted by Crippen LogP contribution is -2.33. The van der Waals surface area contributed by atoms with E-state index in [1.165, 1.54) is 18.2 Å².